The topological polar surface area (TPSA) is 49.7 Å². The first-order valence-corrected chi connectivity index (χ1v) is 1.98. The molecule has 0 saturated heterocycles. The molecule has 0 aliphatic rings. The molecule has 6 heteroatoms. The van der Waals surface area contributed by atoms with Gasteiger partial charge >= 0.3 is 23.9 Å². The van der Waals surface area contributed by atoms with E-state index in [1.807, 2.05) is 0 Å². The Balaban J connectivity index is 0. The Morgan fingerprint density at radius 2 is 1.67 bits per heavy atom. The Hall–Kier alpha value is 1.58. The average Bonchev–Trinajstić information content (AvgIpc) is 1.38. The van der Waals surface area contributed by atoms with Gasteiger partial charge in [-0.25, -0.2) is 0 Å². The molecule has 6 heavy (non-hydrogen) atoms. The van der Waals surface area contributed by atoms with Crippen molar-refractivity contribution in [1.82, 2.24) is 0 Å². The zero-order valence-corrected chi connectivity index (χ0v) is 8.30. The van der Waals surface area contributed by atoms with Gasteiger partial charge < -0.3 is 13.8 Å². The molecule has 0 heterocycles. The Labute approximate surface area is 69.9 Å². The van der Waals surface area contributed by atoms with Crippen LogP contribution < -0.4 is 0 Å². The molecule has 0 unspecified atom stereocenters. The van der Waals surface area contributed by atoms with Crippen LogP contribution in [0.25, 0.3) is 0 Å². The van der Waals surface area contributed by atoms with Crippen LogP contribution in [0.15, 0.2) is 0 Å². The summed E-state index contributed by atoms with van der Waals surface area (Å²) in [4.78, 5) is 0. The molecule has 0 aliphatic carbocycles. The molecule has 3 nitrogen and oxygen atoms in total. The van der Waals surface area contributed by atoms with Crippen molar-refractivity contribution < 1.29 is 46.5 Å². The minimum absolute atomic E-state index is 0. The molecule has 0 spiro atoms. The third kappa shape index (κ3) is 9.13. The molecule has 0 aliphatic heterocycles. The molecule has 0 aromatic heterocycles. The van der Waals surface area contributed by atoms with E-state index >= 15 is 0 Å². The number of hydrogen-bond donors (Lipinski definition) is 2. The van der Waals surface area contributed by atoms with Gasteiger partial charge in [0.2, 0.25) is 0 Å². The summed E-state index contributed by atoms with van der Waals surface area (Å²) < 4.78 is 4.00. The number of hydrogen-bond acceptors (Lipinski definition) is 3. The predicted octanol–water partition coefficient (Wildman–Crippen LogP) is -2.48. The second-order valence-corrected chi connectivity index (χ2v) is 1.03. The fourth-order valence-electron chi connectivity index (χ4n) is 0. The molecule has 0 bridgehead atoms. The van der Waals surface area contributed by atoms with Crippen molar-refractivity contribution in [2.45, 2.75) is 0 Å². The van der Waals surface area contributed by atoms with Crippen LogP contribution in [0.1, 0.15) is 0 Å². The monoisotopic (exact) mass is 179 g/mol. The SMILES string of the molecule is OB(O)[O][AlH2].[Y]. The molecular weight excluding hydrogens is 175 g/mol. The average molecular weight is 179 g/mol. The van der Waals surface area contributed by atoms with Crippen molar-refractivity contribution in [3.63, 3.8) is 0 Å². The van der Waals surface area contributed by atoms with Gasteiger partial charge in [0.25, 0.3) is 0 Å². The third-order valence-corrected chi connectivity index (χ3v) is 0.632. The van der Waals surface area contributed by atoms with E-state index in [1.54, 1.807) is 0 Å². The summed E-state index contributed by atoms with van der Waals surface area (Å²) >= 11 is 0.373. The second kappa shape index (κ2) is 6.58. The molecule has 0 aromatic rings. The summed E-state index contributed by atoms with van der Waals surface area (Å²) in [5, 5.41) is 15.5. The maximum Gasteiger partial charge on any atom is 0.603 e. The summed E-state index contributed by atoms with van der Waals surface area (Å²) in [5.74, 6) is 0. The van der Waals surface area contributed by atoms with E-state index < -0.39 is 7.32 Å². The van der Waals surface area contributed by atoms with Crippen molar-refractivity contribution in [2.75, 3.05) is 0 Å². The van der Waals surface area contributed by atoms with E-state index in [-0.39, 0.29) is 32.7 Å². The number of rotatable bonds is 1. The summed E-state index contributed by atoms with van der Waals surface area (Å²) in [5.41, 5.74) is 0. The summed E-state index contributed by atoms with van der Waals surface area (Å²) in [7, 11) is -1.55. The van der Waals surface area contributed by atoms with Crippen LogP contribution in [-0.4, -0.2) is 34.0 Å². The molecular formula is H4AlBO3Y. The van der Waals surface area contributed by atoms with Crippen molar-refractivity contribution in [2.24, 2.45) is 0 Å². The van der Waals surface area contributed by atoms with Crippen molar-refractivity contribution in [1.29, 1.82) is 0 Å². The van der Waals surface area contributed by atoms with E-state index in [0.717, 1.165) is 0 Å². The summed E-state index contributed by atoms with van der Waals surface area (Å²) in [6.07, 6.45) is 0. The smallest absolute Gasteiger partial charge is 0.523 e. The van der Waals surface area contributed by atoms with Crippen LogP contribution in [-0.2, 0) is 36.4 Å². The molecule has 0 rings (SSSR count). The second-order valence-electron chi connectivity index (χ2n) is 0.562. The molecule has 31 valence electrons. The fraction of sp³-hybridized carbons (Fsp3) is 0. The Morgan fingerprint density at radius 1 is 1.50 bits per heavy atom. The van der Waals surface area contributed by atoms with E-state index in [1.165, 1.54) is 0 Å². The first-order valence-electron chi connectivity index (χ1n) is 1.16. The molecule has 1 radical (unpaired) electrons. The third-order valence-electron chi connectivity index (χ3n) is 0.211. The molecule has 0 atom stereocenters. The fourth-order valence-corrected chi connectivity index (χ4v) is 0. The first kappa shape index (κ1) is 10.5. The minimum atomic E-state index is -1.55. The molecule has 0 saturated carbocycles. The normalized spacial score (nSPS) is 6.33. The van der Waals surface area contributed by atoms with E-state index in [9.17, 15) is 0 Å². The maximum atomic E-state index is 7.73. The first-order chi connectivity index (χ1) is 2.27. The summed E-state index contributed by atoms with van der Waals surface area (Å²) in [6, 6.07) is 0. The van der Waals surface area contributed by atoms with Gasteiger partial charge in [0.1, 0.15) is 0 Å². The van der Waals surface area contributed by atoms with E-state index in [4.69, 9.17) is 10.0 Å². The predicted molar refractivity (Wildman–Crippen MR) is 19.8 cm³/mol. The van der Waals surface area contributed by atoms with Gasteiger partial charge in [0.05, 0.1) is 0 Å². The Kier molecular flexibility index (Phi) is 11.6. The van der Waals surface area contributed by atoms with Gasteiger partial charge in [-0.1, -0.05) is 0 Å². The van der Waals surface area contributed by atoms with Crippen molar-refractivity contribution >= 4 is 23.9 Å². The van der Waals surface area contributed by atoms with Gasteiger partial charge in [-0.15, -0.1) is 0 Å². The molecule has 0 aromatic carbocycles. The largest absolute Gasteiger partial charge is 0.603 e. The summed E-state index contributed by atoms with van der Waals surface area (Å²) in [6.45, 7) is 0. The Morgan fingerprint density at radius 3 is 1.67 bits per heavy atom. The van der Waals surface area contributed by atoms with Crippen LogP contribution in [0, 0.1) is 0 Å². The zero-order chi connectivity index (χ0) is 4.28. The van der Waals surface area contributed by atoms with Gasteiger partial charge in [-0.2, -0.15) is 0 Å². The van der Waals surface area contributed by atoms with Crippen LogP contribution in [0.5, 0.6) is 0 Å². The zero-order valence-electron chi connectivity index (χ0n) is 3.46. The van der Waals surface area contributed by atoms with E-state index in [0.29, 0.717) is 16.6 Å². The standard InChI is InChI=1S/Al.BH2O3.Y.2H/c;2-1(3)4;;;/h;2-3H;;;/q+1;-1;;;. The van der Waals surface area contributed by atoms with Crippen molar-refractivity contribution in [3.8, 4) is 0 Å². The quantitative estimate of drug-likeness (QED) is 0.438. The Bertz CT molecular complexity index is 24.8. The van der Waals surface area contributed by atoms with Gasteiger partial charge in [0, 0.05) is 32.7 Å². The van der Waals surface area contributed by atoms with Gasteiger partial charge in [-0.3, -0.25) is 0 Å². The van der Waals surface area contributed by atoms with Crippen LogP contribution in [0.2, 0.25) is 0 Å². The van der Waals surface area contributed by atoms with Crippen LogP contribution in [0.4, 0.5) is 0 Å². The molecule has 0 amide bonds. The molecule has 2 N–H and O–H groups in total. The van der Waals surface area contributed by atoms with Gasteiger partial charge in [-0.05, 0) is 0 Å². The van der Waals surface area contributed by atoms with E-state index in [2.05, 4.69) is 3.71 Å². The minimum Gasteiger partial charge on any atom is -0.523 e. The van der Waals surface area contributed by atoms with Crippen LogP contribution >= 0.6 is 0 Å². The molecule has 0 fully saturated rings. The van der Waals surface area contributed by atoms with Gasteiger partial charge in [0.15, 0.2) is 0 Å². The maximum absolute atomic E-state index is 7.73. The van der Waals surface area contributed by atoms with Crippen LogP contribution in [0.3, 0.4) is 0 Å². The van der Waals surface area contributed by atoms with Crippen molar-refractivity contribution in [3.05, 3.63) is 0 Å².